The fourth-order valence-electron chi connectivity index (χ4n) is 3.13. The van der Waals surface area contributed by atoms with Crippen molar-refractivity contribution >= 4 is 29.0 Å². The number of carbonyl (C=O) groups is 1. The van der Waals surface area contributed by atoms with Crippen LogP contribution in [0, 0.1) is 0 Å². The molecule has 2 aromatic rings. The highest BCUT2D eigenvalue weighted by molar-refractivity contribution is 6.30. The van der Waals surface area contributed by atoms with E-state index in [1.54, 1.807) is 4.90 Å². The number of rotatable bonds is 3. The highest BCUT2D eigenvalue weighted by Crippen LogP contribution is 2.29. The van der Waals surface area contributed by atoms with Gasteiger partial charge < -0.3 is 15.0 Å². The monoisotopic (exact) mass is 358 g/mol. The van der Waals surface area contributed by atoms with Crippen molar-refractivity contribution in [2.75, 3.05) is 36.1 Å². The van der Waals surface area contributed by atoms with Crippen molar-refractivity contribution in [3.05, 3.63) is 52.8 Å². The summed E-state index contributed by atoms with van der Waals surface area (Å²) in [5, 5.41) is 3.57. The van der Waals surface area contributed by atoms with Gasteiger partial charge in [0.1, 0.15) is 0 Å². The smallest absolute Gasteiger partial charge is 0.322 e. The minimum Gasteiger partial charge on any atom is -0.378 e. The summed E-state index contributed by atoms with van der Waals surface area (Å²) in [5.74, 6) is 0. The van der Waals surface area contributed by atoms with Gasteiger partial charge in [-0.1, -0.05) is 23.7 Å². The van der Waals surface area contributed by atoms with Crippen LogP contribution in [-0.4, -0.2) is 37.3 Å². The first-order valence-electron chi connectivity index (χ1n) is 8.32. The van der Waals surface area contributed by atoms with Crippen molar-refractivity contribution in [3.63, 3.8) is 0 Å². The maximum atomic E-state index is 12.4. The Hall–Kier alpha value is -2.31. The molecule has 0 saturated carbocycles. The molecule has 1 aromatic carbocycles. The van der Waals surface area contributed by atoms with Gasteiger partial charge in [-0.25, -0.2) is 4.79 Å². The molecule has 2 amide bonds. The molecule has 1 saturated heterocycles. The topological polar surface area (TPSA) is 57.7 Å². The second-order valence-electron chi connectivity index (χ2n) is 6.13. The molecule has 130 valence electrons. The minimum atomic E-state index is -0.108. The van der Waals surface area contributed by atoms with Gasteiger partial charge in [-0.15, -0.1) is 0 Å². The molecule has 0 bridgehead atoms. The molecular weight excluding hydrogens is 340 g/mol. The van der Waals surface area contributed by atoms with Crippen molar-refractivity contribution in [2.45, 2.75) is 13.1 Å². The summed E-state index contributed by atoms with van der Waals surface area (Å²) >= 11 is 5.95. The SMILES string of the molecule is O=C1NCc2ncc(N3CCOCC3)cc2N1Cc1ccc(Cl)cc1. The van der Waals surface area contributed by atoms with E-state index >= 15 is 0 Å². The van der Waals surface area contributed by atoms with E-state index in [2.05, 4.69) is 21.3 Å². The molecule has 1 aromatic heterocycles. The summed E-state index contributed by atoms with van der Waals surface area (Å²) < 4.78 is 5.41. The van der Waals surface area contributed by atoms with Crippen molar-refractivity contribution in [3.8, 4) is 0 Å². The number of anilines is 2. The first-order valence-corrected chi connectivity index (χ1v) is 8.70. The third kappa shape index (κ3) is 3.41. The van der Waals surface area contributed by atoms with Crippen LogP contribution in [0.4, 0.5) is 16.2 Å². The molecule has 1 fully saturated rings. The molecule has 7 heteroatoms. The molecular formula is C18H19ClN4O2. The zero-order valence-electron chi connectivity index (χ0n) is 13.7. The van der Waals surface area contributed by atoms with E-state index in [0.717, 1.165) is 35.7 Å². The molecule has 6 nitrogen and oxygen atoms in total. The number of fused-ring (bicyclic) bond motifs is 1. The Bertz CT molecular complexity index is 775. The largest absolute Gasteiger partial charge is 0.378 e. The van der Waals surface area contributed by atoms with Crippen molar-refractivity contribution in [1.29, 1.82) is 0 Å². The number of urea groups is 1. The van der Waals surface area contributed by atoms with E-state index in [0.29, 0.717) is 31.3 Å². The third-order valence-electron chi connectivity index (χ3n) is 4.51. The average Bonchev–Trinajstić information content (AvgIpc) is 2.66. The predicted molar refractivity (Wildman–Crippen MR) is 97.1 cm³/mol. The number of aromatic nitrogens is 1. The summed E-state index contributed by atoms with van der Waals surface area (Å²) in [5.41, 5.74) is 3.79. The normalized spacial score (nSPS) is 17.2. The number of amides is 2. The van der Waals surface area contributed by atoms with Crippen LogP contribution in [0.2, 0.25) is 5.02 Å². The van der Waals surface area contributed by atoms with Crippen LogP contribution < -0.4 is 15.1 Å². The fraction of sp³-hybridized carbons (Fsp3) is 0.333. The average molecular weight is 359 g/mol. The van der Waals surface area contributed by atoms with E-state index in [4.69, 9.17) is 16.3 Å². The Morgan fingerprint density at radius 2 is 1.96 bits per heavy atom. The first kappa shape index (κ1) is 16.2. The Labute approximate surface area is 151 Å². The molecule has 4 rings (SSSR count). The second-order valence-corrected chi connectivity index (χ2v) is 6.57. The van der Waals surface area contributed by atoms with Gasteiger partial charge in [-0.3, -0.25) is 9.88 Å². The van der Waals surface area contributed by atoms with Gasteiger partial charge in [0.05, 0.1) is 49.6 Å². The van der Waals surface area contributed by atoms with Gasteiger partial charge in [-0.05, 0) is 23.8 Å². The maximum absolute atomic E-state index is 12.4. The lowest BCUT2D eigenvalue weighted by Crippen LogP contribution is -2.44. The number of halogens is 1. The Morgan fingerprint density at radius 1 is 1.20 bits per heavy atom. The molecule has 0 atom stereocenters. The van der Waals surface area contributed by atoms with Crippen LogP contribution >= 0.6 is 11.6 Å². The van der Waals surface area contributed by atoms with Gasteiger partial charge in [0.2, 0.25) is 0 Å². The van der Waals surface area contributed by atoms with Crippen LogP contribution in [-0.2, 0) is 17.8 Å². The second kappa shape index (κ2) is 6.90. The summed E-state index contributed by atoms with van der Waals surface area (Å²) in [6, 6.07) is 9.49. The van der Waals surface area contributed by atoms with Gasteiger partial charge in [-0.2, -0.15) is 0 Å². The summed E-state index contributed by atoms with van der Waals surface area (Å²) in [4.78, 5) is 21.0. The number of nitrogens with zero attached hydrogens (tertiary/aromatic N) is 3. The standard InChI is InChI=1S/C18H19ClN4O2/c19-14-3-1-13(2-4-14)12-23-17-9-15(22-5-7-25-8-6-22)10-20-16(17)11-21-18(23)24/h1-4,9-10H,5-8,11-12H2,(H,21,24). The number of nitrogens with one attached hydrogen (secondary N) is 1. The lowest BCUT2D eigenvalue weighted by atomic mass is 10.1. The third-order valence-corrected chi connectivity index (χ3v) is 4.76. The van der Waals surface area contributed by atoms with Crippen LogP contribution in [0.5, 0.6) is 0 Å². The van der Waals surface area contributed by atoms with Crippen molar-refractivity contribution in [2.24, 2.45) is 0 Å². The van der Waals surface area contributed by atoms with E-state index in [-0.39, 0.29) is 6.03 Å². The fourth-order valence-corrected chi connectivity index (χ4v) is 3.25. The predicted octanol–water partition coefficient (Wildman–Crippen LogP) is 2.80. The Kier molecular flexibility index (Phi) is 4.46. The lowest BCUT2D eigenvalue weighted by Gasteiger charge is -2.33. The molecule has 0 radical (unpaired) electrons. The zero-order valence-corrected chi connectivity index (χ0v) is 14.5. The molecule has 1 N–H and O–H groups in total. The minimum absolute atomic E-state index is 0.108. The van der Waals surface area contributed by atoms with Gasteiger partial charge in [0, 0.05) is 18.1 Å². The van der Waals surface area contributed by atoms with E-state index < -0.39 is 0 Å². The number of hydrogen-bond acceptors (Lipinski definition) is 4. The molecule has 0 spiro atoms. The van der Waals surface area contributed by atoms with E-state index in [1.807, 2.05) is 30.5 Å². The summed E-state index contributed by atoms with van der Waals surface area (Å²) in [6.07, 6.45) is 1.88. The Balaban J connectivity index is 1.64. The zero-order chi connectivity index (χ0) is 17.2. The van der Waals surface area contributed by atoms with Crippen LogP contribution in [0.25, 0.3) is 0 Å². The maximum Gasteiger partial charge on any atom is 0.322 e. The molecule has 0 unspecified atom stereocenters. The number of hydrogen-bond donors (Lipinski definition) is 1. The highest BCUT2D eigenvalue weighted by atomic mass is 35.5. The highest BCUT2D eigenvalue weighted by Gasteiger charge is 2.26. The Morgan fingerprint density at radius 3 is 2.72 bits per heavy atom. The quantitative estimate of drug-likeness (QED) is 0.916. The van der Waals surface area contributed by atoms with Crippen molar-refractivity contribution < 1.29 is 9.53 Å². The van der Waals surface area contributed by atoms with E-state index in [9.17, 15) is 4.79 Å². The number of carbonyl (C=O) groups excluding carboxylic acids is 1. The lowest BCUT2D eigenvalue weighted by molar-refractivity contribution is 0.122. The van der Waals surface area contributed by atoms with Crippen LogP contribution in [0.15, 0.2) is 36.5 Å². The number of benzene rings is 1. The summed E-state index contributed by atoms with van der Waals surface area (Å²) in [7, 11) is 0. The van der Waals surface area contributed by atoms with Gasteiger partial charge in [0.15, 0.2) is 0 Å². The molecule has 2 aliphatic rings. The van der Waals surface area contributed by atoms with Crippen molar-refractivity contribution in [1.82, 2.24) is 10.3 Å². The molecule has 3 heterocycles. The molecule has 25 heavy (non-hydrogen) atoms. The number of pyridine rings is 1. The van der Waals surface area contributed by atoms with E-state index in [1.165, 1.54) is 0 Å². The first-order chi connectivity index (χ1) is 12.2. The number of ether oxygens (including phenoxy) is 1. The molecule has 0 aliphatic carbocycles. The molecule has 2 aliphatic heterocycles. The number of morpholine rings is 1. The summed E-state index contributed by atoms with van der Waals surface area (Å²) in [6.45, 7) is 4.03. The van der Waals surface area contributed by atoms with Gasteiger partial charge >= 0.3 is 6.03 Å². The van der Waals surface area contributed by atoms with Crippen LogP contribution in [0.1, 0.15) is 11.3 Å². The van der Waals surface area contributed by atoms with Crippen LogP contribution in [0.3, 0.4) is 0 Å². The van der Waals surface area contributed by atoms with Gasteiger partial charge in [0.25, 0.3) is 0 Å².